The summed E-state index contributed by atoms with van der Waals surface area (Å²) in [5, 5.41) is 8.70. The summed E-state index contributed by atoms with van der Waals surface area (Å²) < 4.78 is 1.23. The van der Waals surface area contributed by atoms with Crippen molar-refractivity contribution in [2.75, 3.05) is 0 Å². The van der Waals surface area contributed by atoms with Gasteiger partial charge in [0, 0.05) is 0 Å². The minimum atomic E-state index is 1.07. The van der Waals surface area contributed by atoms with E-state index >= 15 is 0 Å². The van der Waals surface area contributed by atoms with Gasteiger partial charge in [0.25, 0.3) is 0 Å². The van der Waals surface area contributed by atoms with Gasteiger partial charge in [-0.05, 0) is 95.9 Å². The van der Waals surface area contributed by atoms with Gasteiger partial charge in [0.2, 0.25) is 0 Å². The zero-order valence-corrected chi connectivity index (χ0v) is 26.2. The Hall–Kier alpha value is -5.57. The van der Waals surface area contributed by atoms with Crippen LogP contribution in [0.4, 0.5) is 0 Å². The molecule has 216 valence electrons. The van der Waals surface area contributed by atoms with E-state index in [1.807, 2.05) is 0 Å². The van der Waals surface area contributed by atoms with Gasteiger partial charge in [-0.25, -0.2) is 4.98 Å². The third-order valence-electron chi connectivity index (χ3n) is 9.21. The van der Waals surface area contributed by atoms with E-state index in [0.717, 1.165) is 10.5 Å². The van der Waals surface area contributed by atoms with Crippen molar-refractivity contribution in [3.05, 3.63) is 163 Å². The van der Waals surface area contributed by atoms with Crippen LogP contribution < -0.4 is 0 Å². The second kappa shape index (κ2) is 10.8. The Morgan fingerprint density at radius 3 is 1.54 bits per heavy atom. The molecular formula is C44H29NS. The molecule has 0 spiro atoms. The fraction of sp³-hybridized carbons (Fsp3) is 0.0227. The molecule has 9 rings (SSSR count). The molecule has 0 bridgehead atoms. The van der Waals surface area contributed by atoms with Crippen LogP contribution >= 0.6 is 11.3 Å². The summed E-state index contributed by atoms with van der Waals surface area (Å²) >= 11 is 1.75. The van der Waals surface area contributed by atoms with Gasteiger partial charge in [-0.3, -0.25) is 0 Å². The smallest absolute Gasteiger partial charge is 0.0907 e. The molecule has 0 saturated heterocycles. The Labute approximate surface area is 272 Å². The van der Waals surface area contributed by atoms with Gasteiger partial charge in [0.05, 0.1) is 15.2 Å². The van der Waals surface area contributed by atoms with Crippen LogP contribution in [0.3, 0.4) is 0 Å². The van der Waals surface area contributed by atoms with E-state index < -0.39 is 0 Å². The second-order valence-corrected chi connectivity index (χ2v) is 13.1. The first-order chi connectivity index (χ1) is 22.7. The first-order valence-corrected chi connectivity index (χ1v) is 16.5. The van der Waals surface area contributed by atoms with Crippen molar-refractivity contribution in [3.8, 4) is 44.5 Å². The summed E-state index contributed by atoms with van der Waals surface area (Å²) in [5.74, 6) is 0. The molecule has 0 radical (unpaired) electrons. The lowest BCUT2D eigenvalue weighted by molar-refractivity contribution is 1.35. The van der Waals surface area contributed by atoms with E-state index in [0.29, 0.717) is 0 Å². The van der Waals surface area contributed by atoms with Gasteiger partial charge in [0.15, 0.2) is 0 Å². The number of aromatic nitrogens is 1. The minimum Gasteiger partial charge on any atom is -0.241 e. The lowest BCUT2D eigenvalue weighted by Gasteiger charge is -2.20. The third kappa shape index (κ3) is 4.34. The minimum absolute atomic E-state index is 1.07. The zero-order chi connectivity index (χ0) is 30.6. The van der Waals surface area contributed by atoms with E-state index in [2.05, 4.69) is 165 Å². The zero-order valence-electron chi connectivity index (χ0n) is 25.4. The normalized spacial score (nSPS) is 11.6. The van der Waals surface area contributed by atoms with Crippen molar-refractivity contribution in [3.63, 3.8) is 0 Å². The molecule has 0 N–H and O–H groups in total. The molecule has 0 unspecified atom stereocenters. The van der Waals surface area contributed by atoms with Crippen molar-refractivity contribution >= 4 is 53.9 Å². The average molecular weight is 604 g/mol. The van der Waals surface area contributed by atoms with Gasteiger partial charge < -0.3 is 0 Å². The fourth-order valence-corrected chi connectivity index (χ4v) is 7.98. The molecule has 0 fully saturated rings. The van der Waals surface area contributed by atoms with E-state index in [1.165, 1.54) is 81.5 Å². The average Bonchev–Trinajstić information content (AvgIpc) is 3.50. The number of hydrogen-bond donors (Lipinski definition) is 0. The number of nitrogens with zero attached hydrogens (tertiary/aromatic N) is 1. The van der Waals surface area contributed by atoms with Crippen molar-refractivity contribution in [2.24, 2.45) is 0 Å². The molecule has 0 amide bonds. The van der Waals surface area contributed by atoms with Crippen LogP contribution in [0.25, 0.3) is 87.0 Å². The molecular weight excluding hydrogens is 575 g/mol. The Bertz CT molecular complexity index is 2520. The molecule has 0 aliphatic heterocycles. The lowest BCUT2D eigenvalue weighted by Crippen LogP contribution is -1.92. The van der Waals surface area contributed by atoms with Crippen LogP contribution in [0.2, 0.25) is 0 Å². The molecule has 9 aromatic rings. The Balaban J connectivity index is 1.26. The predicted octanol–water partition coefficient (Wildman–Crippen LogP) is 12.7. The molecule has 0 atom stereocenters. The first kappa shape index (κ1) is 26.8. The van der Waals surface area contributed by atoms with Crippen molar-refractivity contribution in [2.45, 2.75) is 6.92 Å². The highest BCUT2D eigenvalue weighted by molar-refractivity contribution is 7.18. The molecule has 46 heavy (non-hydrogen) atoms. The van der Waals surface area contributed by atoms with E-state index in [4.69, 9.17) is 4.98 Å². The van der Waals surface area contributed by atoms with E-state index in [9.17, 15) is 0 Å². The van der Waals surface area contributed by atoms with Crippen molar-refractivity contribution in [1.29, 1.82) is 0 Å². The summed E-state index contributed by atoms with van der Waals surface area (Å²) in [7, 11) is 0. The molecule has 0 saturated carbocycles. The molecule has 0 aliphatic rings. The summed E-state index contributed by atoms with van der Waals surface area (Å²) in [6.07, 6.45) is 0. The molecule has 0 aliphatic carbocycles. The third-order valence-corrected chi connectivity index (χ3v) is 10.2. The quantitative estimate of drug-likeness (QED) is 0.182. The van der Waals surface area contributed by atoms with Gasteiger partial charge >= 0.3 is 0 Å². The largest absolute Gasteiger partial charge is 0.241 e. The Morgan fingerprint density at radius 2 is 0.891 bits per heavy atom. The van der Waals surface area contributed by atoms with Crippen LogP contribution in [0.1, 0.15) is 5.01 Å². The van der Waals surface area contributed by atoms with Crippen LogP contribution in [0, 0.1) is 6.92 Å². The maximum Gasteiger partial charge on any atom is 0.0907 e. The van der Waals surface area contributed by atoms with Gasteiger partial charge in [-0.15, -0.1) is 11.3 Å². The maximum absolute atomic E-state index is 4.72. The predicted molar refractivity (Wildman–Crippen MR) is 199 cm³/mol. The van der Waals surface area contributed by atoms with E-state index in [1.54, 1.807) is 11.3 Å². The van der Waals surface area contributed by atoms with Crippen molar-refractivity contribution in [1.82, 2.24) is 4.98 Å². The molecule has 1 aromatic heterocycles. The topological polar surface area (TPSA) is 12.9 Å². The van der Waals surface area contributed by atoms with Crippen molar-refractivity contribution < 1.29 is 0 Å². The summed E-state index contributed by atoms with van der Waals surface area (Å²) in [5.41, 5.74) is 11.0. The number of hydrogen-bond acceptors (Lipinski definition) is 2. The SMILES string of the molecule is Cc1nc2cc(-c3ccc(-c4c5ccccc5c(-c5ccc(-c6ccccc6)c6ccccc56)c5ccccc45)cc3)ccc2s1. The summed E-state index contributed by atoms with van der Waals surface area (Å²) in [6.45, 7) is 2.07. The van der Waals surface area contributed by atoms with Crippen LogP contribution in [-0.4, -0.2) is 4.98 Å². The number of fused-ring (bicyclic) bond motifs is 4. The number of thiazole rings is 1. The monoisotopic (exact) mass is 603 g/mol. The molecule has 1 heterocycles. The van der Waals surface area contributed by atoms with Crippen LogP contribution in [0.15, 0.2) is 158 Å². The number of benzene rings is 8. The highest BCUT2D eigenvalue weighted by Gasteiger charge is 2.19. The Morgan fingerprint density at radius 1 is 0.391 bits per heavy atom. The van der Waals surface area contributed by atoms with Gasteiger partial charge in [0.1, 0.15) is 0 Å². The second-order valence-electron chi connectivity index (χ2n) is 11.9. The number of aryl methyl sites for hydroxylation is 1. The van der Waals surface area contributed by atoms with Gasteiger partial charge in [-0.1, -0.05) is 146 Å². The number of rotatable bonds is 4. The highest BCUT2D eigenvalue weighted by atomic mass is 32.1. The molecule has 2 heteroatoms. The fourth-order valence-electron chi connectivity index (χ4n) is 7.17. The van der Waals surface area contributed by atoms with Crippen LogP contribution in [0.5, 0.6) is 0 Å². The highest BCUT2D eigenvalue weighted by Crippen LogP contribution is 2.46. The first-order valence-electron chi connectivity index (χ1n) is 15.7. The standard InChI is InChI=1S/C44H29NS/c1-28-45-41-27-32(23-26-42(41)46-28)29-19-21-31(22-20-29)43-36-15-7-9-17-38(36)44(39-18-10-8-16-37(39)43)40-25-24-33(30-11-3-2-4-12-30)34-13-5-6-14-35(34)40/h2-27H,1H3. The maximum atomic E-state index is 4.72. The molecule has 1 nitrogen and oxygen atoms in total. The summed E-state index contributed by atoms with van der Waals surface area (Å²) in [4.78, 5) is 4.72. The lowest BCUT2D eigenvalue weighted by atomic mass is 9.83. The van der Waals surface area contributed by atoms with Gasteiger partial charge in [-0.2, -0.15) is 0 Å². The summed E-state index contributed by atoms with van der Waals surface area (Å²) in [6, 6.07) is 57.7. The molecule has 8 aromatic carbocycles. The van der Waals surface area contributed by atoms with Crippen LogP contribution in [-0.2, 0) is 0 Å². The Kier molecular flexibility index (Phi) is 6.29. The van der Waals surface area contributed by atoms with E-state index in [-0.39, 0.29) is 0 Å².